The van der Waals surface area contributed by atoms with Crippen LogP contribution in [0.5, 0.6) is 0 Å². The van der Waals surface area contributed by atoms with Crippen LogP contribution in [0.2, 0.25) is 0 Å². The number of rotatable bonds is 2. The Labute approximate surface area is 70.0 Å². The lowest BCUT2D eigenvalue weighted by molar-refractivity contribution is -0.136. The molecule has 4 nitrogen and oxygen atoms in total. The second-order valence-electron chi connectivity index (χ2n) is 2.60. The van der Waals surface area contributed by atoms with Crippen LogP contribution >= 0.6 is 0 Å². The molecule has 0 aromatic carbocycles. The van der Waals surface area contributed by atoms with Crippen molar-refractivity contribution in [1.29, 1.82) is 0 Å². The topological polar surface area (TPSA) is 76.2 Å². The number of aryl methyl sites for hydroxylation is 1. The standard InChI is InChI=1S/C8H10N2O2/c1-5-2-6(9)4-10-7(5)3-8(11)12/h2,4H,3,9H2,1H3,(H,11,12). The molecule has 0 spiro atoms. The van der Waals surface area contributed by atoms with E-state index in [-0.39, 0.29) is 6.42 Å². The summed E-state index contributed by atoms with van der Waals surface area (Å²) in [7, 11) is 0. The molecule has 0 unspecified atom stereocenters. The number of carboxylic acid groups (broad SMARTS) is 1. The fraction of sp³-hybridized carbons (Fsp3) is 0.250. The summed E-state index contributed by atoms with van der Waals surface area (Å²) in [6, 6.07) is 1.71. The average molecular weight is 166 g/mol. The Hall–Kier alpha value is -1.58. The second kappa shape index (κ2) is 3.21. The summed E-state index contributed by atoms with van der Waals surface area (Å²) in [4.78, 5) is 14.2. The highest BCUT2D eigenvalue weighted by molar-refractivity contribution is 5.70. The summed E-state index contributed by atoms with van der Waals surface area (Å²) in [5.41, 5.74) is 7.39. The van der Waals surface area contributed by atoms with Crippen LogP contribution in [0.4, 0.5) is 5.69 Å². The van der Waals surface area contributed by atoms with E-state index in [1.807, 2.05) is 0 Å². The highest BCUT2D eigenvalue weighted by atomic mass is 16.4. The predicted octanol–water partition coefficient (Wildman–Crippen LogP) is 0.599. The van der Waals surface area contributed by atoms with Crippen LogP contribution in [0.1, 0.15) is 11.3 Å². The molecular formula is C8H10N2O2. The molecule has 0 aliphatic heterocycles. The number of nitrogens with zero attached hydrogens (tertiary/aromatic N) is 1. The molecule has 1 aromatic heterocycles. The van der Waals surface area contributed by atoms with E-state index in [0.29, 0.717) is 11.4 Å². The Bertz CT molecular complexity index is 310. The Morgan fingerprint density at radius 3 is 2.92 bits per heavy atom. The van der Waals surface area contributed by atoms with E-state index in [0.717, 1.165) is 5.56 Å². The molecule has 1 aromatic rings. The summed E-state index contributed by atoms with van der Waals surface area (Å²) in [5, 5.41) is 8.49. The largest absolute Gasteiger partial charge is 0.481 e. The summed E-state index contributed by atoms with van der Waals surface area (Å²) in [5.74, 6) is -0.879. The second-order valence-corrected chi connectivity index (χ2v) is 2.60. The van der Waals surface area contributed by atoms with Crippen molar-refractivity contribution in [1.82, 2.24) is 4.98 Å². The molecule has 12 heavy (non-hydrogen) atoms. The van der Waals surface area contributed by atoms with Crippen molar-refractivity contribution in [3.63, 3.8) is 0 Å². The zero-order chi connectivity index (χ0) is 9.14. The number of nitrogen functional groups attached to an aromatic ring is 1. The highest BCUT2D eigenvalue weighted by Crippen LogP contribution is 2.09. The van der Waals surface area contributed by atoms with Gasteiger partial charge >= 0.3 is 5.97 Å². The lowest BCUT2D eigenvalue weighted by Gasteiger charge is -2.01. The van der Waals surface area contributed by atoms with Gasteiger partial charge in [-0.05, 0) is 18.6 Å². The van der Waals surface area contributed by atoms with Gasteiger partial charge in [0.05, 0.1) is 24.0 Å². The Morgan fingerprint density at radius 1 is 1.75 bits per heavy atom. The van der Waals surface area contributed by atoms with Gasteiger partial charge in [0, 0.05) is 0 Å². The molecule has 0 bridgehead atoms. The Morgan fingerprint density at radius 2 is 2.42 bits per heavy atom. The van der Waals surface area contributed by atoms with E-state index >= 15 is 0 Å². The summed E-state index contributed by atoms with van der Waals surface area (Å²) < 4.78 is 0. The fourth-order valence-corrected chi connectivity index (χ4v) is 0.953. The van der Waals surface area contributed by atoms with Gasteiger partial charge in [-0.25, -0.2) is 0 Å². The van der Waals surface area contributed by atoms with Crippen LogP contribution in [0, 0.1) is 6.92 Å². The molecular weight excluding hydrogens is 156 g/mol. The van der Waals surface area contributed by atoms with Crippen LogP contribution in [0.15, 0.2) is 12.3 Å². The number of aromatic nitrogens is 1. The van der Waals surface area contributed by atoms with Gasteiger partial charge in [0.1, 0.15) is 0 Å². The maximum Gasteiger partial charge on any atom is 0.309 e. The zero-order valence-electron chi connectivity index (χ0n) is 6.74. The first kappa shape index (κ1) is 8.52. The summed E-state index contributed by atoms with van der Waals surface area (Å²) >= 11 is 0. The number of carboxylic acids is 1. The Kier molecular flexibility index (Phi) is 2.28. The van der Waals surface area contributed by atoms with Gasteiger partial charge < -0.3 is 10.8 Å². The molecule has 0 radical (unpaired) electrons. The van der Waals surface area contributed by atoms with Gasteiger partial charge in [-0.1, -0.05) is 0 Å². The minimum Gasteiger partial charge on any atom is -0.481 e. The van der Waals surface area contributed by atoms with Gasteiger partial charge in [-0.15, -0.1) is 0 Å². The van der Waals surface area contributed by atoms with E-state index in [4.69, 9.17) is 10.8 Å². The first-order valence-electron chi connectivity index (χ1n) is 3.52. The SMILES string of the molecule is Cc1cc(N)cnc1CC(=O)O. The molecule has 64 valence electrons. The number of aliphatic carboxylic acids is 1. The van der Waals surface area contributed by atoms with Crippen LogP contribution in [-0.4, -0.2) is 16.1 Å². The van der Waals surface area contributed by atoms with Crippen molar-refractivity contribution in [2.24, 2.45) is 0 Å². The molecule has 0 fully saturated rings. The van der Waals surface area contributed by atoms with E-state index < -0.39 is 5.97 Å². The van der Waals surface area contributed by atoms with E-state index in [1.165, 1.54) is 6.20 Å². The lowest BCUT2D eigenvalue weighted by atomic mass is 10.1. The molecule has 3 N–H and O–H groups in total. The third-order valence-corrected chi connectivity index (χ3v) is 1.53. The first-order chi connectivity index (χ1) is 5.59. The molecule has 0 aliphatic rings. The van der Waals surface area contributed by atoms with Crippen molar-refractivity contribution in [3.05, 3.63) is 23.5 Å². The van der Waals surface area contributed by atoms with E-state index in [9.17, 15) is 4.79 Å². The molecule has 1 rings (SSSR count). The van der Waals surface area contributed by atoms with Gasteiger partial charge in [0.2, 0.25) is 0 Å². The number of pyridine rings is 1. The molecule has 0 atom stereocenters. The fourth-order valence-electron chi connectivity index (χ4n) is 0.953. The lowest BCUT2D eigenvalue weighted by Crippen LogP contribution is -2.04. The van der Waals surface area contributed by atoms with Crippen LogP contribution in [0.3, 0.4) is 0 Å². The maximum absolute atomic E-state index is 10.3. The summed E-state index contributed by atoms with van der Waals surface area (Å²) in [6.07, 6.45) is 1.41. The van der Waals surface area contributed by atoms with Gasteiger partial charge in [-0.2, -0.15) is 0 Å². The minimum absolute atomic E-state index is 0.0495. The smallest absolute Gasteiger partial charge is 0.309 e. The first-order valence-corrected chi connectivity index (χ1v) is 3.52. The maximum atomic E-state index is 10.3. The van der Waals surface area contributed by atoms with Crippen molar-refractivity contribution in [2.75, 3.05) is 5.73 Å². The Balaban J connectivity index is 2.93. The van der Waals surface area contributed by atoms with Crippen molar-refractivity contribution in [3.8, 4) is 0 Å². The van der Waals surface area contributed by atoms with Gasteiger partial charge in [0.25, 0.3) is 0 Å². The molecule has 0 aliphatic carbocycles. The number of carbonyl (C=O) groups is 1. The number of hydrogen-bond donors (Lipinski definition) is 2. The van der Waals surface area contributed by atoms with E-state index in [1.54, 1.807) is 13.0 Å². The summed E-state index contributed by atoms with van der Waals surface area (Å²) in [6.45, 7) is 1.79. The van der Waals surface area contributed by atoms with Crippen LogP contribution < -0.4 is 5.73 Å². The molecule has 1 heterocycles. The molecule has 0 amide bonds. The normalized spacial score (nSPS) is 9.75. The van der Waals surface area contributed by atoms with Crippen molar-refractivity contribution in [2.45, 2.75) is 13.3 Å². The number of nitrogens with two attached hydrogens (primary N) is 1. The van der Waals surface area contributed by atoms with Crippen molar-refractivity contribution >= 4 is 11.7 Å². The average Bonchev–Trinajstić information content (AvgIpc) is 1.94. The highest BCUT2D eigenvalue weighted by Gasteiger charge is 2.04. The van der Waals surface area contributed by atoms with Gasteiger partial charge in [0.15, 0.2) is 0 Å². The number of anilines is 1. The third kappa shape index (κ3) is 1.95. The third-order valence-electron chi connectivity index (χ3n) is 1.53. The number of hydrogen-bond acceptors (Lipinski definition) is 3. The van der Waals surface area contributed by atoms with Gasteiger partial charge in [-0.3, -0.25) is 9.78 Å². The van der Waals surface area contributed by atoms with Crippen LogP contribution in [-0.2, 0) is 11.2 Å². The molecule has 0 saturated carbocycles. The van der Waals surface area contributed by atoms with E-state index in [2.05, 4.69) is 4.98 Å². The predicted molar refractivity (Wildman–Crippen MR) is 44.7 cm³/mol. The monoisotopic (exact) mass is 166 g/mol. The van der Waals surface area contributed by atoms with Crippen molar-refractivity contribution < 1.29 is 9.90 Å². The molecule has 4 heteroatoms. The van der Waals surface area contributed by atoms with Crippen LogP contribution in [0.25, 0.3) is 0 Å². The minimum atomic E-state index is -0.879. The molecule has 0 saturated heterocycles. The zero-order valence-corrected chi connectivity index (χ0v) is 6.74. The quantitative estimate of drug-likeness (QED) is 0.674.